The van der Waals surface area contributed by atoms with Gasteiger partial charge < -0.3 is 9.88 Å². The molecule has 1 amide bonds. The summed E-state index contributed by atoms with van der Waals surface area (Å²) in [7, 11) is 0. The van der Waals surface area contributed by atoms with Gasteiger partial charge in [0.2, 0.25) is 5.91 Å². The highest BCUT2D eigenvalue weighted by Gasteiger charge is 2.20. The number of fused-ring (bicyclic) bond motifs is 1. The van der Waals surface area contributed by atoms with E-state index in [-0.39, 0.29) is 17.7 Å². The summed E-state index contributed by atoms with van der Waals surface area (Å²) in [5.74, 6) is -0.00855. The minimum absolute atomic E-state index is 0.00669. The van der Waals surface area contributed by atoms with Crippen LogP contribution < -0.4 is 5.32 Å². The first-order valence-corrected chi connectivity index (χ1v) is 9.67. The Balaban J connectivity index is 1.59. The number of amides is 1. The number of para-hydroxylation sites is 1. The van der Waals surface area contributed by atoms with Crippen molar-refractivity contribution in [3.05, 3.63) is 53.0 Å². The molecule has 0 fully saturated rings. The van der Waals surface area contributed by atoms with Crippen LogP contribution in [0.2, 0.25) is 0 Å². The van der Waals surface area contributed by atoms with Crippen LogP contribution >= 0.6 is 0 Å². The summed E-state index contributed by atoms with van der Waals surface area (Å²) in [5.41, 5.74) is 4.56. The van der Waals surface area contributed by atoms with Crippen molar-refractivity contribution in [2.24, 2.45) is 0 Å². The summed E-state index contributed by atoms with van der Waals surface area (Å²) in [5, 5.41) is 8.69. The van der Waals surface area contributed by atoms with Gasteiger partial charge in [-0.25, -0.2) is 0 Å². The molecule has 6 heteroatoms. The van der Waals surface area contributed by atoms with Gasteiger partial charge >= 0.3 is 0 Å². The molecular weight excluding hydrogens is 352 g/mol. The van der Waals surface area contributed by atoms with Crippen molar-refractivity contribution >= 4 is 22.6 Å². The van der Waals surface area contributed by atoms with Gasteiger partial charge in [-0.2, -0.15) is 5.10 Å². The van der Waals surface area contributed by atoms with Gasteiger partial charge in [0.15, 0.2) is 5.78 Å². The second kappa shape index (κ2) is 8.00. The molecule has 3 aromatic rings. The summed E-state index contributed by atoms with van der Waals surface area (Å²) in [6.45, 7) is 10.6. The molecule has 0 radical (unpaired) electrons. The fourth-order valence-corrected chi connectivity index (χ4v) is 3.98. The molecule has 1 aromatic carbocycles. The van der Waals surface area contributed by atoms with E-state index in [4.69, 9.17) is 0 Å². The lowest BCUT2D eigenvalue weighted by atomic mass is 10.1. The number of rotatable bonds is 7. The maximum atomic E-state index is 12.4. The fraction of sp³-hybridized carbons (Fsp3) is 0.409. The van der Waals surface area contributed by atoms with E-state index in [1.807, 2.05) is 32.9 Å². The van der Waals surface area contributed by atoms with Crippen LogP contribution in [0.5, 0.6) is 0 Å². The lowest BCUT2D eigenvalue weighted by Crippen LogP contribution is -2.29. The van der Waals surface area contributed by atoms with E-state index >= 15 is 0 Å². The Bertz CT molecular complexity index is 1030. The molecule has 0 spiro atoms. The van der Waals surface area contributed by atoms with Crippen LogP contribution in [-0.4, -0.2) is 32.6 Å². The zero-order valence-corrected chi connectivity index (χ0v) is 17.2. The van der Waals surface area contributed by atoms with Crippen LogP contribution in [0.3, 0.4) is 0 Å². The average molecular weight is 380 g/mol. The van der Waals surface area contributed by atoms with Crippen LogP contribution in [0.4, 0.5) is 0 Å². The maximum Gasteiger partial charge on any atom is 0.222 e. The van der Waals surface area contributed by atoms with Crippen LogP contribution in [0, 0.1) is 20.8 Å². The van der Waals surface area contributed by atoms with Gasteiger partial charge in [0.05, 0.1) is 17.3 Å². The van der Waals surface area contributed by atoms with Crippen LogP contribution in [0.15, 0.2) is 30.3 Å². The predicted molar refractivity (Wildman–Crippen MR) is 111 cm³/mol. The molecule has 0 saturated carbocycles. The number of benzene rings is 1. The first kappa shape index (κ1) is 19.9. The lowest BCUT2D eigenvalue weighted by Gasteiger charge is -2.15. The van der Waals surface area contributed by atoms with Gasteiger partial charge in [-0.05, 0) is 52.1 Å². The second-order valence-electron chi connectivity index (χ2n) is 7.45. The van der Waals surface area contributed by atoms with Crippen molar-refractivity contribution in [1.29, 1.82) is 0 Å². The van der Waals surface area contributed by atoms with E-state index in [9.17, 15) is 9.59 Å². The Morgan fingerprint density at radius 2 is 1.89 bits per heavy atom. The number of Topliss-reactive ketones (excluding diaryl/α,β-unsaturated/α-hetero) is 1. The number of aromatic nitrogens is 3. The summed E-state index contributed by atoms with van der Waals surface area (Å²) in [6.07, 6.45) is 0.324. The molecular formula is C22H28N4O2. The standard InChI is InChI=1S/C22H28N4O2/c1-14-12-19-8-6-7-9-20(19)25(14)11-10-23-21(28)13-15(2)26-17(4)22(18(5)27)16(3)24-26/h6-9,12,15H,10-11,13H2,1-5H3,(H,23,28)/t15-/m1/s1. The molecule has 1 N–H and O–H groups in total. The average Bonchev–Trinajstić information content (AvgIpc) is 3.11. The normalized spacial score (nSPS) is 12.3. The maximum absolute atomic E-state index is 12.4. The van der Waals surface area contributed by atoms with Crippen molar-refractivity contribution in [1.82, 2.24) is 19.7 Å². The Morgan fingerprint density at radius 1 is 1.18 bits per heavy atom. The molecule has 3 rings (SSSR count). The highest BCUT2D eigenvalue weighted by molar-refractivity contribution is 5.96. The molecule has 0 aliphatic rings. The molecule has 1 atom stereocenters. The Labute approximate surface area is 165 Å². The number of ketones is 1. The minimum Gasteiger partial charge on any atom is -0.354 e. The van der Waals surface area contributed by atoms with E-state index < -0.39 is 0 Å². The molecule has 0 aliphatic carbocycles. The molecule has 0 bridgehead atoms. The summed E-state index contributed by atoms with van der Waals surface area (Å²) in [4.78, 5) is 24.2. The Hall–Kier alpha value is -2.89. The molecule has 28 heavy (non-hydrogen) atoms. The summed E-state index contributed by atoms with van der Waals surface area (Å²) in [6, 6.07) is 10.3. The number of hydrogen-bond donors (Lipinski definition) is 1. The smallest absolute Gasteiger partial charge is 0.222 e. The number of carbonyl (C=O) groups is 2. The first-order chi connectivity index (χ1) is 13.3. The van der Waals surface area contributed by atoms with E-state index in [0.29, 0.717) is 24.2 Å². The summed E-state index contributed by atoms with van der Waals surface area (Å²) >= 11 is 0. The van der Waals surface area contributed by atoms with Crippen molar-refractivity contribution in [3.8, 4) is 0 Å². The monoisotopic (exact) mass is 380 g/mol. The van der Waals surface area contributed by atoms with Crippen molar-refractivity contribution < 1.29 is 9.59 Å². The zero-order valence-electron chi connectivity index (χ0n) is 17.2. The number of aryl methyl sites for hydroxylation is 2. The number of hydrogen-bond acceptors (Lipinski definition) is 3. The molecule has 6 nitrogen and oxygen atoms in total. The molecule has 0 aliphatic heterocycles. The molecule has 0 unspecified atom stereocenters. The van der Waals surface area contributed by atoms with Crippen molar-refractivity contribution in [2.45, 2.75) is 53.6 Å². The molecule has 0 saturated heterocycles. The van der Waals surface area contributed by atoms with Gasteiger partial charge in [0, 0.05) is 36.4 Å². The predicted octanol–water partition coefficient (Wildman–Crippen LogP) is 3.73. The highest BCUT2D eigenvalue weighted by Crippen LogP contribution is 2.20. The van der Waals surface area contributed by atoms with Gasteiger partial charge in [-0.3, -0.25) is 14.3 Å². The topological polar surface area (TPSA) is 68.9 Å². The molecule has 2 heterocycles. The van der Waals surface area contributed by atoms with E-state index in [1.165, 1.54) is 16.6 Å². The van der Waals surface area contributed by atoms with Gasteiger partial charge in [0.1, 0.15) is 0 Å². The van der Waals surface area contributed by atoms with Gasteiger partial charge in [-0.15, -0.1) is 0 Å². The minimum atomic E-state index is -0.110. The third kappa shape index (κ3) is 3.86. The van der Waals surface area contributed by atoms with Gasteiger partial charge in [-0.1, -0.05) is 18.2 Å². The fourth-order valence-electron chi connectivity index (χ4n) is 3.98. The second-order valence-corrected chi connectivity index (χ2v) is 7.45. The van der Waals surface area contributed by atoms with Crippen molar-refractivity contribution in [2.75, 3.05) is 6.54 Å². The number of nitrogens with zero attached hydrogens (tertiary/aromatic N) is 3. The highest BCUT2D eigenvalue weighted by atomic mass is 16.1. The lowest BCUT2D eigenvalue weighted by molar-refractivity contribution is -0.121. The summed E-state index contributed by atoms with van der Waals surface area (Å²) < 4.78 is 4.01. The van der Waals surface area contributed by atoms with E-state index in [0.717, 1.165) is 12.2 Å². The zero-order chi connectivity index (χ0) is 20.4. The third-order valence-corrected chi connectivity index (χ3v) is 5.25. The molecule has 148 valence electrons. The van der Waals surface area contributed by atoms with E-state index in [2.05, 4.69) is 40.1 Å². The molecule has 2 aromatic heterocycles. The van der Waals surface area contributed by atoms with E-state index in [1.54, 1.807) is 11.6 Å². The number of nitrogens with one attached hydrogen (secondary N) is 1. The van der Waals surface area contributed by atoms with Crippen LogP contribution in [0.1, 0.15) is 53.7 Å². The Kier molecular flexibility index (Phi) is 5.68. The number of carbonyl (C=O) groups excluding carboxylic acids is 2. The largest absolute Gasteiger partial charge is 0.354 e. The van der Waals surface area contributed by atoms with Crippen LogP contribution in [0.25, 0.3) is 10.9 Å². The quantitative estimate of drug-likeness (QED) is 0.635. The van der Waals surface area contributed by atoms with Gasteiger partial charge in [0.25, 0.3) is 0 Å². The SMILES string of the molecule is CC(=O)c1c(C)nn([C@H](C)CC(=O)NCCn2c(C)cc3ccccc32)c1C. The Morgan fingerprint density at radius 3 is 2.57 bits per heavy atom. The van der Waals surface area contributed by atoms with Crippen LogP contribution in [-0.2, 0) is 11.3 Å². The third-order valence-electron chi connectivity index (χ3n) is 5.25. The van der Waals surface area contributed by atoms with Crippen molar-refractivity contribution in [3.63, 3.8) is 0 Å². The first-order valence-electron chi connectivity index (χ1n) is 9.67.